The minimum Gasteiger partial charge on any atom is -0.384 e. The van der Waals surface area contributed by atoms with Crippen LogP contribution in [0, 0.1) is 0 Å². The number of pyridine rings is 1. The van der Waals surface area contributed by atoms with Gasteiger partial charge in [0.15, 0.2) is 5.12 Å². The van der Waals surface area contributed by atoms with Gasteiger partial charge in [0.05, 0.1) is 0 Å². The molecule has 2 N–H and O–H groups in total. The lowest BCUT2D eigenvalue weighted by atomic mass is 10.3. The lowest BCUT2D eigenvalue weighted by Gasteiger charge is -1.98. The van der Waals surface area contributed by atoms with Crippen LogP contribution in [0.5, 0.6) is 0 Å². The second-order valence-electron chi connectivity index (χ2n) is 2.37. The van der Waals surface area contributed by atoms with Crippen molar-refractivity contribution >= 4 is 22.7 Å². The first-order chi connectivity index (χ1) is 5.68. The van der Waals surface area contributed by atoms with Gasteiger partial charge in [0.2, 0.25) is 0 Å². The summed E-state index contributed by atoms with van der Waals surface area (Å²) in [7, 11) is 0. The number of carbonyl (C=O) groups excluding carboxylic acids is 1. The number of anilines is 1. The van der Waals surface area contributed by atoms with E-state index in [0.717, 1.165) is 5.56 Å². The molecule has 0 bridgehead atoms. The number of nitrogen functional groups attached to an aromatic ring is 1. The van der Waals surface area contributed by atoms with Gasteiger partial charge in [-0.05, 0) is 17.7 Å². The van der Waals surface area contributed by atoms with Crippen LogP contribution in [-0.2, 0) is 10.5 Å². The summed E-state index contributed by atoms with van der Waals surface area (Å²) >= 11 is 1.27. The smallest absolute Gasteiger partial charge is 0.186 e. The molecule has 0 fully saturated rings. The highest BCUT2D eigenvalue weighted by molar-refractivity contribution is 8.12. The predicted octanol–water partition coefficient (Wildman–Crippen LogP) is 1.44. The summed E-state index contributed by atoms with van der Waals surface area (Å²) in [5.41, 5.74) is 6.49. The molecule has 0 radical (unpaired) electrons. The third-order valence-electron chi connectivity index (χ3n) is 1.29. The van der Waals surface area contributed by atoms with E-state index in [0.29, 0.717) is 11.6 Å². The normalized spacial score (nSPS) is 9.75. The lowest BCUT2D eigenvalue weighted by molar-refractivity contribution is -0.109. The second-order valence-corrected chi connectivity index (χ2v) is 3.52. The van der Waals surface area contributed by atoms with Crippen molar-refractivity contribution in [1.82, 2.24) is 4.98 Å². The number of hydrogen-bond donors (Lipinski definition) is 1. The SMILES string of the molecule is CC(=O)SCc1ccnc(N)c1. The maximum absolute atomic E-state index is 10.6. The molecule has 64 valence electrons. The van der Waals surface area contributed by atoms with Crippen LogP contribution < -0.4 is 5.73 Å². The molecule has 0 aliphatic heterocycles. The summed E-state index contributed by atoms with van der Waals surface area (Å²) in [4.78, 5) is 14.5. The van der Waals surface area contributed by atoms with Gasteiger partial charge in [-0.1, -0.05) is 11.8 Å². The van der Waals surface area contributed by atoms with E-state index in [4.69, 9.17) is 5.73 Å². The molecule has 1 aromatic rings. The monoisotopic (exact) mass is 182 g/mol. The van der Waals surface area contributed by atoms with Gasteiger partial charge in [0, 0.05) is 18.9 Å². The quantitative estimate of drug-likeness (QED) is 0.752. The summed E-state index contributed by atoms with van der Waals surface area (Å²) in [6, 6.07) is 3.63. The molecule has 1 aromatic heterocycles. The Kier molecular flexibility index (Phi) is 3.10. The molecule has 0 aliphatic carbocycles. The van der Waals surface area contributed by atoms with E-state index in [1.165, 1.54) is 11.8 Å². The van der Waals surface area contributed by atoms with Crippen molar-refractivity contribution in [3.63, 3.8) is 0 Å². The number of hydrogen-bond acceptors (Lipinski definition) is 4. The van der Waals surface area contributed by atoms with Crippen LogP contribution in [0.25, 0.3) is 0 Å². The van der Waals surface area contributed by atoms with Crippen molar-refractivity contribution in [2.75, 3.05) is 5.73 Å². The first-order valence-electron chi connectivity index (χ1n) is 3.52. The molecule has 0 spiro atoms. The first-order valence-corrected chi connectivity index (χ1v) is 4.51. The number of rotatable bonds is 2. The van der Waals surface area contributed by atoms with Gasteiger partial charge in [-0.3, -0.25) is 4.79 Å². The van der Waals surface area contributed by atoms with Crippen molar-refractivity contribution in [2.24, 2.45) is 0 Å². The fraction of sp³-hybridized carbons (Fsp3) is 0.250. The summed E-state index contributed by atoms with van der Waals surface area (Å²) < 4.78 is 0. The van der Waals surface area contributed by atoms with Crippen LogP contribution in [0.3, 0.4) is 0 Å². The van der Waals surface area contributed by atoms with Gasteiger partial charge >= 0.3 is 0 Å². The zero-order valence-corrected chi connectivity index (χ0v) is 7.60. The lowest BCUT2D eigenvalue weighted by Crippen LogP contribution is -1.91. The molecule has 0 unspecified atom stereocenters. The first kappa shape index (κ1) is 9.06. The third kappa shape index (κ3) is 2.92. The fourth-order valence-electron chi connectivity index (χ4n) is 0.769. The molecule has 0 aromatic carbocycles. The number of aromatic nitrogens is 1. The second kappa shape index (κ2) is 4.11. The van der Waals surface area contributed by atoms with Crippen LogP contribution in [0.2, 0.25) is 0 Å². The van der Waals surface area contributed by atoms with Crippen LogP contribution in [-0.4, -0.2) is 10.1 Å². The van der Waals surface area contributed by atoms with Crippen LogP contribution >= 0.6 is 11.8 Å². The van der Waals surface area contributed by atoms with Crippen LogP contribution in [0.4, 0.5) is 5.82 Å². The van der Waals surface area contributed by atoms with E-state index in [2.05, 4.69) is 4.98 Å². The summed E-state index contributed by atoms with van der Waals surface area (Å²) in [5.74, 6) is 1.17. The Morgan fingerprint density at radius 2 is 2.50 bits per heavy atom. The molecular weight excluding hydrogens is 172 g/mol. The fourth-order valence-corrected chi connectivity index (χ4v) is 1.32. The molecule has 1 heterocycles. The van der Waals surface area contributed by atoms with Gasteiger partial charge < -0.3 is 5.73 Å². The molecule has 3 nitrogen and oxygen atoms in total. The van der Waals surface area contributed by atoms with Gasteiger partial charge in [0.1, 0.15) is 5.82 Å². The Bertz CT molecular complexity index is 288. The van der Waals surface area contributed by atoms with E-state index in [1.807, 2.05) is 6.07 Å². The maximum Gasteiger partial charge on any atom is 0.186 e. The van der Waals surface area contributed by atoms with E-state index in [1.54, 1.807) is 19.2 Å². The van der Waals surface area contributed by atoms with Gasteiger partial charge in [-0.15, -0.1) is 0 Å². The average Bonchev–Trinajstić information content (AvgIpc) is 2.01. The topological polar surface area (TPSA) is 56.0 Å². The van der Waals surface area contributed by atoms with Crippen molar-refractivity contribution in [3.05, 3.63) is 23.9 Å². The largest absolute Gasteiger partial charge is 0.384 e. The number of nitrogens with zero attached hydrogens (tertiary/aromatic N) is 1. The summed E-state index contributed by atoms with van der Waals surface area (Å²) in [5, 5.41) is 0.116. The Morgan fingerprint density at radius 3 is 3.08 bits per heavy atom. The standard InChI is InChI=1S/C8H10N2OS/c1-6(11)12-5-7-2-3-10-8(9)4-7/h2-4H,5H2,1H3,(H2,9,10). The molecule has 0 saturated heterocycles. The highest BCUT2D eigenvalue weighted by Crippen LogP contribution is 2.13. The molecule has 0 amide bonds. The van der Waals surface area contributed by atoms with Crippen molar-refractivity contribution in [2.45, 2.75) is 12.7 Å². The zero-order chi connectivity index (χ0) is 8.97. The number of nitrogens with two attached hydrogens (primary N) is 1. The Hall–Kier alpha value is -1.03. The van der Waals surface area contributed by atoms with Crippen molar-refractivity contribution in [3.8, 4) is 0 Å². The van der Waals surface area contributed by atoms with Gasteiger partial charge in [0.25, 0.3) is 0 Å². The highest BCUT2D eigenvalue weighted by atomic mass is 32.2. The average molecular weight is 182 g/mol. The van der Waals surface area contributed by atoms with E-state index >= 15 is 0 Å². The van der Waals surface area contributed by atoms with Gasteiger partial charge in [-0.25, -0.2) is 4.98 Å². The maximum atomic E-state index is 10.6. The summed E-state index contributed by atoms with van der Waals surface area (Å²) in [6.07, 6.45) is 1.64. The molecular formula is C8H10N2OS. The minimum absolute atomic E-state index is 0.116. The van der Waals surface area contributed by atoms with Crippen LogP contribution in [0.1, 0.15) is 12.5 Å². The molecule has 0 saturated carbocycles. The third-order valence-corrected chi connectivity index (χ3v) is 2.17. The Morgan fingerprint density at radius 1 is 1.75 bits per heavy atom. The molecule has 0 aliphatic rings. The predicted molar refractivity (Wildman–Crippen MR) is 50.6 cm³/mol. The van der Waals surface area contributed by atoms with Gasteiger partial charge in [-0.2, -0.15) is 0 Å². The molecule has 0 atom stereocenters. The van der Waals surface area contributed by atoms with Crippen LogP contribution in [0.15, 0.2) is 18.3 Å². The molecule has 4 heteroatoms. The van der Waals surface area contributed by atoms with Crippen molar-refractivity contribution in [1.29, 1.82) is 0 Å². The Labute approximate surface area is 75.4 Å². The summed E-state index contributed by atoms with van der Waals surface area (Å²) in [6.45, 7) is 1.55. The van der Waals surface area contributed by atoms with E-state index < -0.39 is 0 Å². The molecule has 1 rings (SSSR count). The number of thioether (sulfide) groups is 1. The minimum atomic E-state index is 0.116. The zero-order valence-electron chi connectivity index (χ0n) is 6.78. The highest BCUT2D eigenvalue weighted by Gasteiger charge is 1.97. The van der Waals surface area contributed by atoms with E-state index in [-0.39, 0.29) is 5.12 Å². The Balaban J connectivity index is 2.57. The number of carbonyl (C=O) groups is 1. The van der Waals surface area contributed by atoms with Crippen molar-refractivity contribution < 1.29 is 4.79 Å². The van der Waals surface area contributed by atoms with E-state index in [9.17, 15) is 4.79 Å². The molecule has 12 heavy (non-hydrogen) atoms.